The first kappa shape index (κ1) is 12.2. The second kappa shape index (κ2) is 4.22. The molecule has 1 aromatic heterocycles. The number of hydrogen-bond acceptors (Lipinski definition) is 1. The Bertz CT molecular complexity index is 601. The van der Waals surface area contributed by atoms with Crippen LogP contribution in [-0.2, 0) is 6.18 Å². The number of hydrogen-bond donors (Lipinski definition) is 0. The second-order valence-electron chi connectivity index (χ2n) is 3.93. The Morgan fingerprint density at radius 2 is 1.78 bits per heavy atom. The number of halogens is 3. The zero-order valence-electron chi connectivity index (χ0n) is 9.49. The van der Waals surface area contributed by atoms with Crippen molar-refractivity contribution >= 4 is 0 Å². The van der Waals surface area contributed by atoms with Crippen LogP contribution in [0.4, 0.5) is 13.2 Å². The van der Waals surface area contributed by atoms with E-state index in [1.165, 1.54) is 4.57 Å². The lowest BCUT2D eigenvalue weighted by Crippen LogP contribution is -2.02. The highest BCUT2D eigenvalue weighted by atomic mass is 19.4. The maximum atomic E-state index is 12.6. The van der Waals surface area contributed by atoms with E-state index < -0.39 is 11.7 Å². The highest BCUT2D eigenvalue weighted by Gasteiger charge is 2.32. The Morgan fingerprint density at radius 3 is 2.28 bits per heavy atom. The van der Waals surface area contributed by atoms with Crippen LogP contribution in [0, 0.1) is 18.3 Å². The van der Waals surface area contributed by atoms with E-state index in [4.69, 9.17) is 5.26 Å². The average Bonchev–Trinajstić information content (AvgIpc) is 2.73. The van der Waals surface area contributed by atoms with Gasteiger partial charge in [0, 0.05) is 11.9 Å². The molecule has 0 spiro atoms. The van der Waals surface area contributed by atoms with Gasteiger partial charge in [-0.15, -0.1) is 0 Å². The van der Waals surface area contributed by atoms with Crippen LogP contribution in [0.1, 0.15) is 16.8 Å². The SMILES string of the molecule is Cc1ccc(-n2cc(C(F)(F)F)cc2C#N)cc1. The van der Waals surface area contributed by atoms with E-state index in [0.29, 0.717) is 5.69 Å². The maximum Gasteiger partial charge on any atom is 0.417 e. The smallest absolute Gasteiger partial charge is 0.308 e. The fourth-order valence-corrected chi connectivity index (χ4v) is 1.62. The number of aryl methyl sites for hydroxylation is 1. The van der Waals surface area contributed by atoms with Crippen LogP contribution in [-0.4, -0.2) is 4.57 Å². The minimum Gasteiger partial charge on any atom is -0.308 e. The molecule has 2 aromatic rings. The van der Waals surface area contributed by atoms with Crippen LogP contribution >= 0.6 is 0 Å². The zero-order valence-corrected chi connectivity index (χ0v) is 9.49. The Balaban J connectivity index is 2.54. The predicted molar refractivity (Wildman–Crippen MR) is 60.2 cm³/mol. The molecule has 5 heteroatoms. The van der Waals surface area contributed by atoms with Crippen LogP contribution < -0.4 is 0 Å². The van der Waals surface area contributed by atoms with E-state index in [1.54, 1.807) is 30.3 Å². The van der Waals surface area contributed by atoms with Crippen molar-refractivity contribution in [2.24, 2.45) is 0 Å². The summed E-state index contributed by atoms with van der Waals surface area (Å²) in [5.74, 6) is 0. The van der Waals surface area contributed by atoms with Crippen molar-refractivity contribution in [3.05, 3.63) is 53.3 Å². The molecule has 0 saturated heterocycles. The van der Waals surface area contributed by atoms with Crippen molar-refractivity contribution in [1.29, 1.82) is 5.26 Å². The van der Waals surface area contributed by atoms with Crippen molar-refractivity contribution in [3.63, 3.8) is 0 Å². The molecule has 0 fully saturated rings. The van der Waals surface area contributed by atoms with E-state index in [9.17, 15) is 13.2 Å². The molecule has 0 atom stereocenters. The summed E-state index contributed by atoms with van der Waals surface area (Å²) < 4.78 is 39.0. The molecule has 2 nitrogen and oxygen atoms in total. The van der Waals surface area contributed by atoms with Crippen molar-refractivity contribution in [2.75, 3.05) is 0 Å². The lowest BCUT2D eigenvalue weighted by Gasteiger charge is -2.05. The van der Waals surface area contributed by atoms with Crippen LogP contribution in [0.3, 0.4) is 0 Å². The van der Waals surface area contributed by atoms with Gasteiger partial charge in [0.2, 0.25) is 0 Å². The highest BCUT2D eigenvalue weighted by Crippen LogP contribution is 2.31. The third-order valence-corrected chi connectivity index (χ3v) is 2.57. The summed E-state index contributed by atoms with van der Waals surface area (Å²) in [4.78, 5) is 0. The first-order chi connectivity index (χ1) is 8.41. The van der Waals surface area contributed by atoms with Gasteiger partial charge < -0.3 is 4.57 Å². The number of nitrogens with zero attached hydrogens (tertiary/aromatic N) is 2. The topological polar surface area (TPSA) is 28.7 Å². The lowest BCUT2D eigenvalue weighted by atomic mass is 10.2. The molecule has 18 heavy (non-hydrogen) atoms. The fraction of sp³-hybridized carbons (Fsp3) is 0.154. The van der Waals surface area contributed by atoms with Crippen molar-refractivity contribution in [3.8, 4) is 11.8 Å². The van der Waals surface area contributed by atoms with E-state index in [-0.39, 0.29) is 5.69 Å². The fourth-order valence-electron chi connectivity index (χ4n) is 1.62. The van der Waals surface area contributed by atoms with E-state index in [0.717, 1.165) is 17.8 Å². The number of rotatable bonds is 1. The Kier molecular flexibility index (Phi) is 2.87. The zero-order chi connectivity index (χ0) is 13.3. The van der Waals surface area contributed by atoms with E-state index >= 15 is 0 Å². The highest BCUT2D eigenvalue weighted by molar-refractivity contribution is 5.43. The molecule has 0 aliphatic carbocycles. The summed E-state index contributed by atoms with van der Waals surface area (Å²) in [5.41, 5.74) is 0.680. The Labute approximate surface area is 102 Å². The summed E-state index contributed by atoms with van der Waals surface area (Å²) in [5, 5.41) is 8.88. The molecule has 0 aliphatic heterocycles. The first-order valence-electron chi connectivity index (χ1n) is 5.18. The molecule has 1 heterocycles. The molecule has 0 aliphatic rings. The molecule has 0 unspecified atom stereocenters. The van der Waals surface area contributed by atoms with Crippen molar-refractivity contribution in [2.45, 2.75) is 13.1 Å². The minimum absolute atomic E-state index is 0.0359. The molecule has 92 valence electrons. The van der Waals surface area contributed by atoms with Gasteiger partial charge in [0.15, 0.2) is 0 Å². The molecule has 0 saturated carbocycles. The van der Waals surface area contributed by atoms with Gasteiger partial charge in [-0.05, 0) is 25.1 Å². The average molecular weight is 250 g/mol. The van der Waals surface area contributed by atoms with Crippen molar-refractivity contribution in [1.82, 2.24) is 4.57 Å². The van der Waals surface area contributed by atoms with Crippen LogP contribution in [0.25, 0.3) is 5.69 Å². The monoisotopic (exact) mass is 250 g/mol. The summed E-state index contributed by atoms with van der Waals surface area (Å²) in [6.07, 6.45) is -3.51. The lowest BCUT2D eigenvalue weighted by molar-refractivity contribution is -0.137. The molecule has 0 amide bonds. The molecular formula is C13H9F3N2. The van der Waals surface area contributed by atoms with Gasteiger partial charge in [0.1, 0.15) is 11.8 Å². The number of nitriles is 1. The predicted octanol–water partition coefficient (Wildman–Crippen LogP) is 3.68. The quantitative estimate of drug-likeness (QED) is 0.759. The summed E-state index contributed by atoms with van der Waals surface area (Å²) in [7, 11) is 0. The number of aromatic nitrogens is 1. The number of alkyl halides is 3. The number of benzene rings is 1. The summed E-state index contributed by atoms with van der Waals surface area (Å²) in [6.45, 7) is 1.88. The van der Waals surface area contributed by atoms with Gasteiger partial charge in [0.05, 0.1) is 5.56 Å². The van der Waals surface area contributed by atoms with Crippen molar-refractivity contribution < 1.29 is 13.2 Å². The van der Waals surface area contributed by atoms with Gasteiger partial charge >= 0.3 is 6.18 Å². The standard InChI is InChI=1S/C13H9F3N2/c1-9-2-4-11(5-3-9)18-8-10(13(14,15)16)6-12(18)7-17/h2-6,8H,1H3. The Morgan fingerprint density at radius 1 is 1.17 bits per heavy atom. The summed E-state index contributed by atoms with van der Waals surface area (Å²) in [6, 6.07) is 9.53. The maximum absolute atomic E-state index is 12.6. The van der Waals surface area contributed by atoms with Gasteiger partial charge in [-0.25, -0.2) is 0 Å². The van der Waals surface area contributed by atoms with Gasteiger partial charge in [-0.1, -0.05) is 17.7 Å². The van der Waals surface area contributed by atoms with Gasteiger partial charge in [0.25, 0.3) is 0 Å². The van der Waals surface area contributed by atoms with Crippen LogP contribution in [0.15, 0.2) is 36.5 Å². The largest absolute Gasteiger partial charge is 0.417 e. The minimum atomic E-state index is -4.44. The van der Waals surface area contributed by atoms with Gasteiger partial charge in [-0.3, -0.25) is 0 Å². The van der Waals surface area contributed by atoms with Crippen LogP contribution in [0.2, 0.25) is 0 Å². The normalized spacial score (nSPS) is 11.3. The van der Waals surface area contributed by atoms with E-state index in [2.05, 4.69) is 0 Å². The van der Waals surface area contributed by atoms with Gasteiger partial charge in [-0.2, -0.15) is 18.4 Å². The third kappa shape index (κ3) is 2.23. The Hall–Kier alpha value is -2.22. The molecular weight excluding hydrogens is 241 g/mol. The van der Waals surface area contributed by atoms with Crippen LogP contribution in [0.5, 0.6) is 0 Å². The molecule has 2 rings (SSSR count). The molecule has 0 radical (unpaired) electrons. The second-order valence-corrected chi connectivity index (χ2v) is 3.93. The molecule has 1 aromatic carbocycles. The van der Waals surface area contributed by atoms with E-state index in [1.807, 2.05) is 6.92 Å². The molecule has 0 N–H and O–H groups in total. The summed E-state index contributed by atoms with van der Waals surface area (Å²) >= 11 is 0. The first-order valence-corrected chi connectivity index (χ1v) is 5.18. The third-order valence-electron chi connectivity index (χ3n) is 2.57. The molecule has 0 bridgehead atoms.